The van der Waals surface area contributed by atoms with Gasteiger partial charge in [-0.3, -0.25) is 4.90 Å². The average Bonchev–Trinajstić information content (AvgIpc) is 2.61. The fourth-order valence-corrected chi connectivity index (χ4v) is 2.50. The Morgan fingerprint density at radius 3 is 2.78 bits per heavy atom. The molecule has 1 saturated heterocycles. The highest BCUT2D eigenvalue weighted by Crippen LogP contribution is 2.17. The molecule has 23 heavy (non-hydrogen) atoms. The van der Waals surface area contributed by atoms with Gasteiger partial charge < -0.3 is 20.1 Å². The lowest BCUT2D eigenvalue weighted by Crippen LogP contribution is -2.44. The number of nitrogens with zero attached hydrogens (tertiary/aromatic N) is 2. The van der Waals surface area contributed by atoms with Gasteiger partial charge >= 0.3 is 0 Å². The number of hydrogen-bond donors (Lipinski definition) is 2. The van der Waals surface area contributed by atoms with Crippen LogP contribution in [-0.4, -0.2) is 63.9 Å². The lowest BCUT2D eigenvalue weighted by Gasteiger charge is -2.26. The number of benzene rings is 1. The zero-order valence-corrected chi connectivity index (χ0v) is 14.2. The normalized spacial score (nSPS) is 16.2. The van der Waals surface area contributed by atoms with Crippen LogP contribution in [-0.2, 0) is 11.3 Å². The maximum atomic E-state index is 5.37. The molecule has 0 aromatic heterocycles. The first-order chi connectivity index (χ1) is 11.3. The van der Waals surface area contributed by atoms with Gasteiger partial charge in [-0.25, -0.2) is 4.99 Å². The lowest BCUT2D eigenvalue weighted by molar-refractivity contribution is 0.0389. The molecule has 0 unspecified atom stereocenters. The van der Waals surface area contributed by atoms with Crippen LogP contribution in [0.25, 0.3) is 0 Å². The molecule has 0 atom stereocenters. The largest absolute Gasteiger partial charge is 0.496 e. The van der Waals surface area contributed by atoms with E-state index in [1.165, 1.54) is 0 Å². The number of nitrogens with one attached hydrogen (secondary N) is 2. The molecule has 0 saturated carbocycles. The number of aliphatic imine (C=N–C) groups is 1. The molecule has 6 nitrogen and oxygen atoms in total. The highest BCUT2D eigenvalue weighted by molar-refractivity contribution is 5.79. The fraction of sp³-hybridized carbons (Fsp3) is 0.588. The van der Waals surface area contributed by atoms with E-state index in [0.717, 1.165) is 63.2 Å². The monoisotopic (exact) mass is 320 g/mol. The van der Waals surface area contributed by atoms with Gasteiger partial charge in [0.2, 0.25) is 0 Å². The molecule has 2 N–H and O–H groups in total. The van der Waals surface area contributed by atoms with Gasteiger partial charge in [0.25, 0.3) is 0 Å². The third-order valence-electron chi connectivity index (χ3n) is 3.77. The van der Waals surface area contributed by atoms with Crippen LogP contribution in [0.1, 0.15) is 12.5 Å². The molecule has 0 radical (unpaired) electrons. The first kappa shape index (κ1) is 17.6. The van der Waals surface area contributed by atoms with Crippen molar-refractivity contribution in [2.45, 2.75) is 13.5 Å². The van der Waals surface area contributed by atoms with E-state index >= 15 is 0 Å². The second kappa shape index (κ2) is 10.1. The van der Waals surface area contributed by atoms with Crippen molar-refractivity contribution < 1.29 is 9.47 Å². The molecule has 1 fully saturated rings. The van der Waals surface area contributed by atoms with Gasteiger partial charge in [0.05, 0.1) is 26.9 Å². The Hall–Kier alpha value is -1.79. The minimum atomic E-state index is 0.594. The van der Waals surface area contributed by atoms with Crippen LogP contribution in [0.5, 0.6) is 5.75 Å². The van der Waals surface area contributed by atoms with Crippen molar-refractivity contribution in [1.82, 2.24) is 15.5 Å². The summed E-state index contributed by atoms with van der Waals surface area (Å²) in [6.45, 7) is 9.08. The predicted octanol–water partition coefficient (Wildman–Crippen LogP) is 1.08. The van der Waals surface area contributed by atoms with Gasteiger partial charge in [-0.05, 0) is 13.0 Å². The molecular formula is C17H28N4O2. The molecular weight excluding hydrogens is 292 g/mol. The van der Waals surface area contributed by atoms with Gasteiger partial charge in [-0.15, -0.1) is 0 Å². The standard InChI is InChI=1S/C17H28N4O2/c1-3-18-17(19-8-9-21-10-12-23-13-11-21)20-14-15-6-4-5-7-16(15)22-2/h4-7H,3,8-14H2,1-2H3,(H2,18,19,20). The molecule has 1 aromatic rings. The molecule has 0 amide bonds. The van der Waals surface area contributed by atoms with Crippen LogP contribution in [0.15, 0.2) is 29.3 Å². The molecule has 1 aromatic carbocycles. The van der Waals surface area contributed by atoms with Crippen LogP contribution in [0.2, 0.25) is 0 Å². The van der Waals surface area contributed by atoms with E-state index in [4.69, 9.17) is 9.47 Å². The Kier molecular flexibility index (Phi) is 7.69. The van der Waals surface area contributed by atoms with Crippen molar-refractivity contribution >= 4 is 5.96 Å². The molecule has 1 aliphatic heterocycles. The van der Waals surface area contributed by atoms with Crippen molar-refractivity contribution in [2.75, 3.05) is 53.0 Å². The van der Waals surface area contributed by atoms with Crippen LogP contribution in [0.3, 0.4) is 0 Å². The molecule has 6 heteroatoms. The summed E-state index contributed by atoms with van der Waals surface area (Å²) < 4.78 is 10.7. The average molecular weight is 320 g/mol. The van der Waals surface area contributed by atoms with Gasteiger partial charge in [0, 0.05) is 38.3 Å². The third-order valence-corrected chi connectivity index (χ3v) is 3.77. The number of para-hydroxylation sites is 1. The highest BCUT2D eigenvalue weighted by atomic mass is 16.5. The zero-order chi connectivity index (χ0) is 16.3. The Balaban J connectivity index is 1.84. The lowest BCUT2D eigenvalue weighted by atomic mass is 10.2. The third kappa shape index (κ3) is 6.08. The van der Waals surface area contributed by atoms with Gasteiger partial charge in [0.1, 0.15) is 5.75 Å². The molecule has 0 aliphatic carbocycles. The number of hydrogen-bond acceptors (Lipinski definition) is 4. The topological polar surface area (TPSA) is 58.1 Å². The van der Waals surface area contributed by atoms with Crippen LogP contribution >= 0.6 is 0 Å². The quantitative estimate of drug-likeness (QED) is 0.582. The molecule has 1 heterocycles. The van der Waals surface area contributed by atoms with Crippen molar-refractivity contribution in [1.29, 1.82) is 0 Å². The Labute approximate surface area is 138 Å². The minimum absolute atomic E-state index is 0.594. The SMILES string of the molecule is CCNC(=NCc1ccccc1OC)NCCN1CCOCC1. The van der Waals surface area contributed by atoms with Crippen LogP contribution < -0.4 is 15.4 Å². The zero-order valence-electron chi connectivity index (χ0n) is 14.2. The molecule has 2 rings (SSSR count). The molecule has 1 aliphatic rings. The van der Waals surface area contributed by atoms with E-state index in [1.54, 1.807) is 7.11 Å². The maximum absolute atomic E-state index is 5.37. The van der Waals surface area contributed by atoms with E-state index < -0.39 is 0 Å². The highest BCUT2D eigenvalue weighted by Gasteiger charge is 2.09. The summed E-state index contributed by atoms with van der Waals surface area (Å²) in [6, 6.07) is 7.98. The van der Waals surface area contributed by atoms with Crippen LogP contribution in [0.4, 0.5) is 0 Å². The Bertz CT molecular complexity index is 487. The fourth-order valence-electron chi connectivity index (χ4n) is 2.50. The predicted molar refractivity (Wildman–Crippen MR) is 93.1 cm³/mol. The summed E-state index contributed by atoms with van der Waals surface area (Å²) in [6.07, 6.45) is 0. The van der Waals surface area contributed by atoms with E-state index in [-0.39, 0.29) is 0 Å². The first-order valence-electron chi connectivity index (χ1n) is 8.27. The molecule has 0 spiro atoms. The van der Waals surface area contributed by atoms with E-state index in [9.17, 15) is 0 Å². The second-order valence-corrected chi connectivity index (χ2v) is 5.39. The summed E-state index contributed by atoms with van der Waals surface area (Å²) in [7, 11) is 1.69. The number of guanidine groups is 1. The Morgan fingerprint density at radius 2 is 2.04 bits per heavy atom. The number of methoxy groups -OCH3 is 1. The van der Waals surface area contributed by atoms with Gasteiger partial charge in [-0.2, -0.15) is 0 Å². The summed E-state index contributed by atoms with van der Waals surface area (Å²) in [5.41, 5.74) is 1.08. The first-order valence-corrected chi connectivity index (χ1v) is 8.27. The van der Waals surface area contributed by atoms with Crippen molar-refractivity contribution in [2.24, 2.45) is 4.99 Å². The number of rotatable bonds is 7. The second-order valence-electron chi connectivity index (χ2n) is 5.39. The summed E-state index contributed by atoms with van der Waals surface area (Å²) in [5.74, 6) is 1.71. The Morgan fingerprint density at radius 1 is 1.26 bits per heavy atom. The van der Waals surface area contributed by atoms with E-state index in [0.29, 0.717) is 6.54 Å². The number of ether oxygens (including phenoxy) is 2. The summed E-state index contributed by atoms with van der Waals surface area (Å²) in [5, 5.41) is 6.67. The smallest absolute Gasteiger partial charge is 0.191 e. The van der Waals surface area contributed by atoms with E-state index in [2.05, 4.69) is 27.4 Å². The van der Waals surface area contributed by atoms with Gasteiger partial charge in [-0.1, -0.05) is 18.2 Å². The van der Waals surface area contributed by atoms with Crippen molar-refractivity contribution in [3.8, 4) is 5.75 Å². The number of morpholine rings is 1. The molecule has 128 valence electrons. The summed E-state index contributed by atoms with van der Waals surface area (Å²) in [4.78, 5) is 7.05. The summed E-state index contributed by atoms with van der Waals surface area (Å²) >= 11 is 0. The molecule has 0 bridgehead atoms. The minimum Gasteiger partial charge on any atom is -0.496 e. The maximum Gasteiger partial charge on any atom is 0.191 e. The van der Waals surface area contributed by atoms with Crippen LogP contribution in [0, 0.1) is 0 Å². The van der Waals surface area contributed by atoms with Crippen molar-refractivity contribution in [3.63, 3.8) is 0 Å². The van der Waals surface area contributed by atoms with Gasteiger partial charge in [0.15, 0.2) is 5.96 Å². The van der Waals surface area contributed by atoms with E-state index in [1.807, 2.05) is 24.3 Å². The van der Waals surface area contributed by atoms with Crippen molar-refractivity contribution in [3.05, 3.63) is 29.8 Å².